The Morgan fingerprint density at radius 3 is 2.30 bits per heavy atom. The van der Waals surface area contributed by atoms with Crippen molar-refractivity contribution >= 4 is 15.8 Å². The van der Waals surface area contributed by atoms with Gasteiger partial charge in [0.2, 0.25) is 10.0 Å². The number of carbonyl (C=O) groups is 1. The number of nitrogens with zero attached hydrogens (tertiary/aromatic N) is 3. The monoisotopic (exact) mass is 392 g/mol. The van der Waals surface area contributed by atoms with Crippen molar-refractivity contribution in [1.82, 2.24) is 19.4 Å². The van der Waals surface area contributed by atoms with Crippen molar-refractivity contribution in [3.63, 3.8) is 0 Å². The van der Waals surface area contributed by atoms with Crippen molar-refractivity contribution in [2.24, 2.45) is 0 Å². The maximum Gasteiger partial charge on any atom is 0.246 e. The van der Waals surface area contributed by atoms with Crippen LogP contribution in [0, 0.1) is 13.8 Å². The van der Waals surface area contributed by atoms with Crippen LogP contribution in [0.1, 0.15) is 21.7 Å². The lowest BCUT2D eigenvalue weighted by molar-refractivity contribution is 0.0901. The molecule has 0 atom stereocenters. The van der Waals surface area contributed by atoms with Crippen LogP contribution in [-0.2, 0) is 10.0 Å². The molecule has 0 saturated carbocycles. The van der Waals surface area contributed by atoms with Crippen LogP contribution in [0.4, 0.5) is 0 Å². The summed E-state index contributed by atoms with van der Waals surface area (Å²) in [5.41, 5.74) is 1.64. The number of Topliss-reactive ketones (excluding diaryl/α,β-unsaturated/α-hetero) is 1. The highest BCUT2D eigenvalue weighted by molar-refractivity contribution is 7.89. The Balaban J connectivity index is 1.61. The third kappa shape index (κ3) is 4.05. The fourth-order valence-corrected chi connectivity index (χ4v) is 5.00. The van der Waals surface area contributed by atoms with E-state index < -0.39 is 10.0 Å². The number of benzene rings is 1. The second-order valence-corrected chi connectivity index (χ2v) is 8.47. The minimum Gasteiger partial charge on any atom is -0.497 e. The molecule has 0 unspecified atom stereocenters. The van der Waals surface area contributed by atoms with Crippen molar-refractivity contribution in [2.45, 2.75) is 18.7 Å². The predicted octanol–water partition coefficient (Wildman–Crippen LogP) is 1.22. The molecule has 2 aromatic rings. The van der Waals surface area contributed by atoms with E-state index in [1.54, 1.807) is 45.2 Å². The van der Waals surface area contributed by atoms with Crippen molar-refractivity contribution in [3.05, 3.63) is 41.2 Å². The highest BCUT2D eigenvalue weighted by atomic mass is 32.2. The molecule has 1 aliphatic heterocycles. The molecule has 3 rings (SSSR count). The van der Waals surface area contributed by atoms with Gasteiger partial charge >= 0.3 is 0 Å². The molecule has 2 heterocycles. The molecule has 0 radical (unpaired) electrons. The van der Waals surface area contributed by atoms with Crippen LogP contribution in [0.25, 0.3) is 0 Å². The van der Waals surface area contributed by atoms with E-state index in [-0.39, 0.29) is 17.2 Å². The van der Waals surface area contributed by atoms with E-state index in [4.69, 9.17) is 4.74 Å². The van der Waals surface area contributed by atoms with Crippen LogP contribution < -0.4 is 4.74 Å². The molecule has 1 saturated heterocycles. The van der Waals surface area contributed by atoms with Gasteiger partial charge in [-0.15, -0.1) is 0 Å². The normalized spacial score (nSPS) is 16.4. The van der Waals surface area contributed by atoms with Gasteiger partial charge in [-0.3, -0.25) is 14.8 Å². The highest BCUT2D eigenvalue weighted by Gasteiger charge is 2.32. The molecular weight excluding hydrogens is 368 g/mol. The summed E-state index contributed by atoms with van der Waals surface area (Å²) in [6, 6.07) is 7.00. The summed E-state index contributed by atoms with van der Waals surface area (Å²) in [5, 5.41) is 6.71. The summed E-state index contributed by atoms with van der Waals surface area (Å²) < 4.78 is 32.3. The minimum atomic E-state index is -3.58. The summed E-state index contributed by atoms with van der Waals surface area (Å²) in [5.74, 6) is 0.714. The minimum absolute atomic E-state index is 0.00971. The molecule has 0 bridgehead atoms. The Bertz CT molecular complexity index is 894. The zero-order chi connectivity index (χ0) is 19.6. The van der Waals surface area contributed by atoms with E-state index >= 15 is 0 Å². The lowest BCUT2D eigenvalue weighted by atomic mass is 10.1. The summed E-state index contributed by atoms with van der Waals surface area (Å²) in [6.07, 6.45) is 0. The van der Waals surface area contributed by atoms with Crippen LogP contribution in [0.3, 0.4) is 0 Å². The number of rotatable bonds is 6. The smallest absolute Gasteiger partial charge is 0.246 e. The summed E-state index contributed by atoms with van der Waals surface area (Å²) in [6.45, 7) is 5.37. The van der Waals surface area contributed by atoms with Crippen LogP contribution in [0.5, 0.6) is 5.75 Å². The number of carbonyl (C=O) groups excluding carboxylic acids is 1. The van der Waals surface area contributed by atoms with Gasteiger partial charge in [0.1, 0.15) is 10.6 Å². The maximum atomic E-state index is 12.9. The first-order valence-electron chi connectivity index (χ1n) is 8.74. The molecule has 9 heteroatoms. The standard InChI is InChI=1S/C18H24N4O4S/c1-13-18(14(2)20-19-13)27(24,25)22-10-8-21(9-11-22)12-17(23)15-4-6-16(26-3)7-5-15/h4-7H,8-12H2,1-3H3,(H,19,20). The summed E-state index contributed by atoms with van der Waals surface area (Å²) >= 11 is 0. The number of nitrogens with one attached hydrogen (secondary N) is 1. The van der Waals surface area contributed by atoms with Gasteiger partial charge in [0.05, 0.1) is 25.0 Å². The quantitative estimate of drug-likeness (QED) is 0.743. The Morgan fingerprint density at radius 1 is 1.15 bits per heavy atom. The Hall–Kier alpha value is -2.23. The van der Waals surface area contributed by atoms with Gasteiger partial charge in [0, 0.05) is 31.7 Å². The second kappa shape index (κ2) is 7.79. The Kier molecular flexibility index (Phi) is 5.64. The number of aromatic nitrogens is 2. The zero-order valence-corrected chi connectivity index (χ0v) is 16.5. The second-order valence-electron chi connectivity index (χ2n) is 6.60. The first-order valence-corrected chi connectivity index (χ1v) is 10.2. The summed E-state index contributed by atoms with van der Waals surface area (Å²) in [7, 11) is -2.00. The molecule has 8 nitrogen and oxygen atoms in total. The predicted molar refractivity (Wildman–Crippen MR) is 101 cm³/mol. The van der Waals surface area contributed by atoms with Crippen LogP contribution in [0.15, 0.2) is 29.2 Å². The third-order valence-electron chi connectivity index (χ3n) is 4.77. The van der Waals surface area contributed by atoms with Gasteiger partial charge in [-0.2, -0.15) is 9.40 Å². The SMILES string of the molecule is COc1ccc(C(=O)CN2CCN(S(=O)(=O)c3c(C)n[nH]c3C)CC2)cc1. The highest BCUT2D eigenvalue weighted by Crippen LogP contribution is 2.22. The van der Waals surface area contributed by atoms with Crippen molar-refractivity contribution in [2.75, 3.05) is 39.8 Å². The number of ketones is 1. The van der Waals surface area contributed by atoms with E-state index in [2.05, 4.69) is 10.2 Å². The average molecular weight is 392 g/mol. The molecule has 1 aromatic heterocycles. The molecule has 1 aliphatic rings. The molecule has 27 heavy (non-hydrogen) atoms. The number of ether oxygens (including phenoxy) is 1. The molecule has 1 fully saturated rings. The van der Waals surface area contributed by atoms with Gasteiger partial charge in [0.15, 0.2) is 5.78 Å². The van der Waals surface area contributed by atoms with Crippen molar-refractivity contribution < 1.29 is 17.9 Å². The lowest BCUT2D eigenvalue weighted by Gasteiger charge is -2.33. The van der Waals surface area contributed by atoms with E-state index in [1.165, 1.54) is 4.31 Å². The van der Waals surface area contributed by atoms with Crippen molar-refractivity contribution in [3.8, 4) is 5.75 Å². The topological polar surface area (TPSA) is 95.6 Å². The lowest BCUT2D eigenvalue weighted by Crippen LogP contribution is -2.49. The molecule has 1 N–H and O–H groups in total. The van der Waals surface area contributed by atoms with E-state index in [1.807, 2.05) is 4.90 Å². The van der Waals surface area contributed by atoms with E-state index in [0.29, 0.717) is 48.9 Å². The Labute approximate surface area is 159 Å². The van der Waals surface area contributed by atoms with E-state index in [9.17, 15) is 13.2 Å². The third-order valence-corrected chi connectivity index (χ3v) is 6.93. The molecule has 0 amide bonds. The number of aromatic amines is 1. The van der Waals surface area contributed by atoms with Gasteiger partial charge in [-0.25, -0.2) is 8.42 Å². The number of aryl methyl sites for hydroxylation is 2. The number of piperazine rings is 1. The molecule has 146 valence electrons. The number of sulfonamides is 1. The summed E-state index contributed by atoms with van der Waals surface area (Å²) in [4.78, 5) is 14.7. The fraction of sp³-hybridized carbons (Fsp3) is 0.444. The fourth-order valence-electron chi connectivity index (χ4n) is 3.25. The van der Waals surface area contributed by atoms with Crippen LogP contribution in [-0.4, -0.2) is 73.4 Å². The first kappa shape index (κ1) is 19.5. The average Bonchev–Trinajstić information content (AvgIpc) is 3.01. The van der Waals surface area contributed by atoms with E-state index in [0.717, 1.165) is 0 Å². The molecule has 0 spiro atoms. The number of hydrogen-bond acceptors (Lipinski definition) is 6. The van der Waals surface area contributed by atoms with Crippen LogP contribution >= 0.6 is 0 Å². The maximum absolute atomic E-state index is 12.9. The van der Waals surface area contributed by atoms with Gasteiger partial charge < -0.3 is 4.74 Å². The zero-order valence-electron chi connectivity index (χ0n) is 15.7. The first-order chi connectivity index (χ1) is 12.8. The molecule has 0 aliphatic carbocycles. The number of methoxy groups -OCH3 is 1. The van der Waals surface area contributed by atoms with Gasteiger partial charge in [0.25, 0.3) is 0 Å². The molecular formula is C18H24N4O4S. The van der Waals surface area contributed by atoms with Gasteiger partial charge in [-0.1, -0.05) is 0 Å². The largest absolute Gasteiger partial charge is 0.497 e. The Morgan fingerprint density at radius 2 is 1.78 bits per heavy atom. The number of H-pyrrole nitrogens is 1. The van der Waals surface area contributed by atoms with Gasteiger partial charge in [-0.05, 0) is 38.1 Å². The number of hydrogen-bond donors (Lipinski definition) is 1. The van der Waals surface area contributed by atoms with Crippen LogP contribution in [0.2, 0.25) is 0 Å². The molecule has 1 aromatic carbocycles. The van der Waals surface area contributed by atoms with Crippen molar-refractivity contribution in [1.29, 1.82) is 0 Å².